The van der Waals surface area contributed by atoms with Gasteiger partial charge in [-0.3, -0.25) is 4.79 Å². The summed E-state index contributed by atoms with van der Waals surface area (Å²) in [6, 6.07) is -0.602. The monoisotopic (exact) mass is 269 g/mol. The van der Waals surface area contributed by atoms with Crippen molar-refractivity contribution in [1.82, 2.24) is 5.32 Å². The van der Waals surface area contributed by atoms with E-state index in [0.717, 1.165) is 6.42 Å². The average Bonchev–Trinajstić information content (AvgIpc) is 2.38. The molecule has 0 rings (SSSR count). The number of carbonyl (C=O) groups is 2. The summed E-state index contributed by atoms with van der Waals surface area (Å²) in [6.07, 6.45) is 9.97. The van der Waals surface area contributed by atoms with Crippen molar-refractivity contribution in [1.29, 1.82) is 0 Å². The van der Waals surface area contributed by atoms with Crippen molar-refractivity contribution in [3.05, 3.63) is 12.2 Å². The summed E-state index contributed by atoms with van der Waals surface area (Å²) in [4.78, 5) is 22.7. The van der Waals surface area contributed by atoms with E-state index in [9.17, 15) is 9.59 Å². The molecular weight excluding hydrogens is 242 g/mol. The molecule has 110 valence electrons. The zero-order chi connectivity index (χ0) is 14.7. The second-order valence-electron chi connectivity index (χ2n) is 4.84. The van der Waals surface area contributed by atoms with Crippen LogP contribution < -0.4 is 5.32 Å². The third kappa shape index (κ3) is 8.41. The molecule has 0 bridgehead atoms. The van der Waals surface area contributed by atoms with E-state index in [0.29, 0.717) is 0 Å². The number of methoxy groups -OCH3 is 1. The van der Waals surface area contributed by atoms with Crippen molar-refractivity contribution >= 4 is 11.9 Å². The molecule has 4 nitrogen and oxygen atoms in total. The topological polar surface area (TPSA) is 55.4 Å². The Kier molecular flexibility index (Phi) is 9.85. The predicted molar refractivity (Wildman–Crippen MR) is 76.7 cm³/mol. The Morgan fingerprint density at radius 2 is 1.95 bits per heavy atom. The molecule has 0 saturated carbocycles. The van der Waals surface area contributed by atoms with Crippen LogP contribution in [0.1, 0.15) is 52.9 Å². The van der Waals surface area contributed by atoms with Crippen molar-refractivity contribution in [2.45, 2.75) is 58.9 Å². The van der Waals surface area contributed by atoms with Gasteiger partial charge in [0.05, 0.1) is 7.11 Å². The Bertz CT molecular complexity index is 300. The van der Waals surface area contributed by atoms with Crippen LogP contribution in [-0.4, -0.2) is 25.0 Å². The summed E-state index contributed by atoms with van der Waals surface area (Å²) in [5.74, 6) is -0.695. The van der Waals surface area contributed by atoms with Crippen LogP contribution in [0, 0.1) is 5.92 Å². The zero-order valence-electron chi connectivity index (χ0n) is 12.6. The fraction of sp³-hybridized carbons (Fsp3) is 0.733. The highest BCUT2D eigenvalue weighted by atomic mass is 16.5. The summed E-state index contributed by atoms with van der Waals surface area (Å²) >= 11 is 0. The molecule has 0 aromatic heterocycles. The first-order valence-corrected chi connectivity index (χ1v) is 7.04. The van der Waals surface area contributed by atoms with Crippen molar-refractivity contribution < 1.29 is 14.3 Å². The second kappa shape index (κ2) is 10.6. The summed E-state index contributed by atoms with van der Waals surface area (Å²) in [5.41, 5.74) is 0. The lowest BCUT2D eigenvalue weighted by molar-refractivity contribution is -0.145. The first kappa shape index (κ1) is 17.7. The lowest BCUT2D eigenvalue weighted by atomic mass is 10.0. The highest BCUT2D eigenvalue weighted by Gasteiger charge is 2.24. The molecular formula is C15H27NO3. The molecule has 19 heavy (non-hydrogen) atoms. The maximum atomic E-state index is 11.6. The number of carbonyl (C=O) groups excluding carboxylic acids is 2. The largest absolute Gasteiger partial charge is 0.467 e. The molecule has 0 aromatic carbocycles. The number of nitrogens with one attached hydrogen (secondary N) is 1. The van der Waals surface area contributed by atoms with Crippen LogP contribution in [0.25, 0.3) is 0 Å². The van der Waals surface area contributed by atoms with Gasteiger partial charge >= 0.3 is 5.97 Å². The predicted octanol–water partition coefficient (Wildman–Crippen LogP) is 2.83. The van der Waals surface area contributed by atoms with Crippen LogP contribution in [0.15, 0.2) is 12.2 Å². The molecule has 4 heteroatoms. The Morgan fingerprint density at radius 3 is 2.47 bits per heavy atom. The molecule has 0 radical (unpaired) electrons. The maximum absolute atomic E-state index is 11.6. The standard InChI is InChI=1S/C15H27NO3/c1-5-6-7-8-9-10-11-12(2)14(15(18)19-4)16-13(3)17/h10-12,14H,5-9H2,1-4H3,(H,16,17)/b11-10+/t12-,14-/m0/s1. The van der Waals surface area contributed by atoms with Crippen LogP contribution in [0.2, 0.25) is 0 Å². The molecule has 2 atom stereocenters. The van der Waals surface area contributed by atoms with Gasteiger partial charge in [-0.05, 0) is 12.8 Å². The molecule has 0 aliphatic rings. The first-order valence-electron chi connectivity index (χ1n) is 7.04. The fourth-order valence-corrected chi connectivity index (χ4v) is 1.86. The van der Waals surface area contributed by atoms with Gasteiger partial charge in [0.2, 0.25) is 5.91 Å². The minimum Gasteiger partial charge on any atom is -0.467 e. The highest BCUT2D eigenvalue weighted by Crippen LogP contribution is 2.09. The third-order valence-electron chi connectivity index (χ3n) is 3.00. The van der Waals surface area contributed by atoms with Gasteiger partial charge in [0, 0.05) is 12.8 Å². The number of amides is 1. The lowest BCUT2D eigenvalue weighted by Gasteiger charge is -2.19. The SMILES string of the molecule is CCCCCC/C=C/[C@H](C)[C@H](NC(C)=O)C(=O)OC. The summed E-state index contributed by atoms with van der Waals surface area (Å²) in [5, 5.41) is 2.63. The van der Waals surface area contributed by atoms with Gasteiger partial charge in [-0.15, -0.1) is 0 Å². The Labute approximate surface area is 116 Å². The minimum atomic E-state index is -0.602. The maximum Gasteiger partial charge on any atom is 0.328 e. The summed E-state index contributed by atoms with van der Waals surface area (Å²) in [6.45, 7) is 5.49. The number of ether oxygens (including phenoxy) is 1. The molecule has 0 saturated heterocycles. The number of allylic oxidation sites excluding steroid dienone is 1. The van der Waals surface area contributed by atoms with Gasteiger partial charge < -0.3 is 10.1 Å². The lowest BCUT2D eigenvalue weighted by Crippen LogP contribution is -2.44. The van der Waals surface area contributed by atoms with Gasteiger partial charge in [-0.2, -0.15) is 0 Å². The van der Waals surface area contributed by atoms with Gasteiger partial charge in [0.25, 0.3) is 0 Å². The van der Waals surface area contributed by atoms with Crippen molar-refractivity contribution in [3.63, 3.8) is 0 Å². The van der Waals surface area contributed by atoms with Crippen LogP contribution in [0.4, 0.5) is 0 Å². The number of hydrogen-bond donors (Lipinski definition) is 1. The van der Waals surface area contributed by atoms with E-state index in [2.05, 4.69) is 18.3 Å². The van der Waals surface area contributed by atoms with E-state index in [1.807, 2.05) is 13.0 Å². The second-order valence-corrected chi connectivity index (χ2v) is 4.84. The van der Waals surface area contributed by atoms with Gasteiger partial charge in [0.1, 0.15) is 6.04 Å². The molecule has 1 N–H and O–H groups in total. The van der Waals surface area contributed by atoms with Crippen LogP contribution in [-0.2, 0) is 14.3 Å². The van der Waals surface area contributed by atoms with E-state index >= 15 is 0 Å². The first-order chi connectivity index (χ1) is 9.02. The number of unbranched alkanes of at least 4 members (excludes halogenated alkanes) is 4. The van der Waals surface area contributed by atoms with Gasteiger partial charge in [0.15, 0.2) is 0 Å². The molecule has 1 amide bonds. The minimum absolute atomic E-state index is 0.0671. The van der Waals surface area contributed by atoms with E-state index in [-0.39, 0.29) is 11.8 Å². The number of rotatable bonds is 9. The smallest absolute Gasteiger partial charge is 0.328 e. The molecule has 0 heterocycles. The molecule has 0 aromatic rings. The number of hydrogen-bond acceptors (Lipinski definition) is 3. The van der Waals surface area contributed by atoms with Crippen molar-refractivity contribution in [2.75, 3.05) is 7.11 Å². The van der Waals surface area contributed by atoms with Crippen LogP contribution in [0.5, 0.6) is 0 Å². The van der Waals surface area contributed by atoms with E-state index in [4.69, 9.17) is 4.74 Å². The highest BCUT2D eigenvalue weighted by molar-refractivity contribution is 5.83. The fourth-order valence-electron chi connectivity index (χ4n) is 1.86. The average molecular weight is 269 g/mol. The van der Waals surface area contributed by atoms with Crippen molar-refractivity contribution in [3.8, 4) is 0 Å². The van der Waals surface area contributed by atoms with Crippen molar-refractivity contribution in [2.24, 2.45) is 5.92 Å². The number of esters is 1. The molecule has 0 spiro atoms. The van der Waals surface area contributed by atoms with Crippen LogP contribution in [0.3, 0.4) is 0 Å². The summed E-state index contributed by atoms with van der Waals surface area (Å²) in [7, 11) is 1.33. The Hall–Kier alpha value is -1.32. The molecule has 0 aliphatic heterocycles. The van der Waals surface area contributed by atoms with E-state index < -0.39 is 12.0 Å². The zero-order valence-corrected chi connectivity index (χ0v) is 12.6. The summed E-state index contributed by atoms with van der Waals surface area (Å²) < 4.78 is 4.71. The van der Waals surface area contributed by atoms with Crippen LogP contribution >= 0.6 is 0 Å². The quantitative estimate of drug-likeness (QED) is 0.398. The molecule has 0 aliphatic carbocycles. The van der Waals surface area contributed by atoms with Gasteiger partial charge in [-0.25, -0.2) is 4.79 Å². The normalized spacial score (nSPS) is 14.1. The third-order valence-corrected chi connectivity index (χ3v) is 3.00. The molecule has 0 unspecified atom stereocenters. The Balaban J connectivity index is 4.23. The van der Waals surface area contributed by atoms with E-state index in [1.54, 1.807) is 0 Å². The van der Waals surface area contributed by atoms with Gasteiger partial charge in [-0.1, -0.05) is 45.3 Å². The Morgan fingerprint density at radius 1 is 1.26 bits per heavy atom. The molecule has 0 fully saturated rings. The van der Waals surface area contributed by atoms with E-state index in [1.165, 1.54) is 39.7 Å².